The van der Waals surface area contributed by atoms with Gasteiger partial charge < -0.3 is 10.2 Å². The Balaban J connectivity index is 2.28. The highest BCUT2D eigenvalue weighted by Gasteiger charge is 2.10. The molecule has 3 heteroatoms. The molecule has 0 bridgehead atoms. The molecule has 1 heterocycles. The van der Waals surface area contributed by atoms with Gasteiger partial charge in [0.15, 0.2) is 0 Å². The second-order valence-corrected chi connectivity index (χ2v) is 4.98. The van der Waals surface area contributed by atoms with Gasteiger partial charge in [-0.15, -0.1) is 0 Å². The van der Waals surface area contributed by atoms with E-state index in [2.05, 4.69) is 0 Å². The average Bonchev–Trinajstić information content (AvgIpc) is 2.33. The topological polar surface area (TPSA) is 39.2 Å². The van der Waals surface area contributed by atoms with Crippen LogP contribution >= 0.6 is 11.8 Å². The van der Waals surface area contributed by atoms with Crippen molar-refractivity contribution in [1.29, 1.82) is 0 Å². The Morgan fingerprint density at radius 3 is 2.62 bits per heavy atom. The molecule has 1 aromatic heterocycles. The highest BCUT2D eigenvalue weighted by atomic mass is 32.2. The van der Waals surface area contributed by atoms with E-state index in [1.165, 1.54) is 0 Å². The Morgan fingerprint density at radius 1 is 1.46 bits per heavy atom. The zero-order valence-corrected chi connectivity index (χ0v) is 9.28. The minimum Gasteiger partial charge on any atom is -0.466 e. The molecule has 0 saturated heterocycles. The predicted molar refractivity (Wildman–Crippen MR) is 57.9 cm³/mol. The molecule has 0 radical (unpaired) electrons. The fraction of sp³-hybridized carbons (Fsp3) is 0.600. The van der Waals surface area contributed by atoms with Crippen LogP contribution in [0.4, 0.5) is 0 Å². The summed E-state index contributed by atoms with van der Waals surface area (Å²) < 4.78 is 5.44. The molecule has 1 rings (SSSR count). The van der Waals surface area contributed by atoms with Crippen LogP contribution in [0.1, 0.15) is 25.4 Å². The minimum atomic E-state index is -0.0910. The van der Waals surface area contributed by atoms with E-state index in [0.29, 0.717) is 0 Å². The number of nitrogens with two attached hydrogens (primary N) is 1. The summed E-state index contributed by atoms with van der Waals surface area (Å²) in [6.45, 7) is 6.03. The SMILES string of the molecule is Cc1ccc(CSCC(C)(C)N)o1. The molecule has 0 unspecified atom stereocenters. The number of thioether (sulfide) groups is 1. The summed E-state index contributed by atoms with van der Waals surface area (Å²) in [6, 6.07) is 4.01. The number of furan rings is 1. The smallest absolute Gasteiger partial charge is 0.114 e. The maximum Gasteiger partial charge on any atom is 0.114 e. The van der Waals surface area contributed by atoms with Gasteiger partial charge in [0.2, 0.25) is 0 Å². The van der Waals surface area contributed by atoms with Crippen molar-refractivity contribution in [2.75, 3.05) is 5.75 Å². The summed E-state index contributed by atoms with van der Waals surface area (Å²) in [4.78, 5) is 0. The Bertz CT molecular complexity index is 262. The first kappa shape index (κ1) is 10.7. The van der Waals surface area contributed by atoms with Crippen molar-refractivity contribution in [3.63, 3.8) is 0 Å². The molecule has 1 aromatic rings. The zero-order valence-electron chi connectivity index (χ0n) is 8.46. The first-order valence-corrected chi connectivity index (χ1v) is 5.55. The van der Waals surface area contributed by atoms with Crippen molar-refractivity contribution < 1.29 is 4.42 Å². The lowest BCUT2D eigenvalue weighted by atomic mass is 10.1. The highest BCUT2D eigenvalue weighted by molar-refractivity contribution is 7.98. The lowest BCUT2D eigenvalue weighted by Crippen LogP contribution is -2.34. The van der Waals surface area contributed by atoms with E-state index in [1.54, 1.807) is 0 Å². The van der Waals surface area contributed by atoms with Gasteiger partial charge in [0.25, 0.3) is 0 Å². The van der Waals surface area contributed by atoms with Crippen molar-refractivity contribution in [2.45, 2.75) is 32.1 Å². The maximum absolute atomic E-state index is 5.85. The van der Waals surface area contributed by atoms with E-state index >= 15 is 0 Å². The fourth-order valence-corrected chi connectivity index (χ4v) is 1.96. The van der Waals surface area contributed by atoms with Crippen molar-refractivity contribution >= 4 is 11.8 Å². The lowest BCUT2D eigenvalue weighted by molar-refractivity contribution is 0.501. The number of hydrogen-bond donors (Lipinski definition) is 1. The van der Waals surface area contributed by atoms with E-state index in [4.69, 9.17) is 10.2 Å². The van der Waals surface area contributed by atoms with Crippen LogP contribution in [0.3, 0.4) is 0 Å². The van der Waals surface area contributed by atoms with Crippen LogP contribution in [0, 0.1) is 6.92 Å². The predicted octanol–water partition coefficient (Wildman–Crippen LogP) is 2.56. The average molecular weight is 199 g/mol. The number of rotatable bonds is 4. The minimum absolute atomic E-state index is 0.0910. The van der Waals surface area contributed by atoms with Gasteiger partial charge in [-0.1, -0.05) is 0 Å². The van der Waals surface area contributed by atoms with E-state index < -0.39 is 0 Å². The summed E-state index contributed by atoms with van der Waals surface area (Å²) >= 11 is 1.81. The molecule has 74 valence electrons. The molecule has 0 atom stereocenters. The number of hydrogen-bond acceptors (Lipinski definition) is 3. The Labute approximate surface area is 83.9 Å². The molecule has 0 spiro atoms. The van der Waals surface area contributed by atoms with Gasteiger partial charge in [-0.25, -0.2) is 0 Å². The molecular weight excluding hydrogens is 182 g/mol. The molecule has 0 aliphatic carbocycles. The van der Waals surface area contributed by atoms with Gasteiger partial charge in [0.1, 0.15) is 11.5 Å². The highest BCUT2D eigenvalue weighted by Crippen LogP contribution is 2.17. The summed E-state index contributed by atoms with van der Waals surface area (Å²) in [5.41, 5.74) is 5.76. The molecule has 0 aliphatic rings. The third-order valence-corrected chi connectivity index (χ3v) is 2.95. The van der Waals surface area contributed by atoms with Gasteiger partial charge >= 0.3 is 0 Å². The standard InChI is InChI=1S/C10H17NOS/c1-8-4-5-9(12-8)6-13-7-10(2,3)11/h4-5H,6-7,11H2,1-3H3. The second kappa shape index (κ2) is 4.20. The van der Waals surface area contributed by atoms with Crippen molar-refractivity contribution in [3.05, 3.63) is 23.7 Å². The van der Waals surface area contributed by atoms with Crippen LogP contribution in [0.2, 0.25) is 0 Å². The first-order chi connectivity index (χ1) is 5.97. The zero-order chi connectivity index (χ0) is 9.90. The molecule has 0 saturated carbocycles. The third kappa shape index (κ3) is 4.39. The second-order valence-electron chi connectivity index (χ2n) is 3.99. The van der Waals surface area contributed by atoms with Gasteiger partial charge in [-0.05, 0) is 32.9 Å². The molecule has 0 aromatic carbocycles. The Morgan fingerprint density at radius 2 is 2.15 bits per heavy atom. The number of aryl methyl sites for hydroxylation is 1. The van der Waals surface area contributed by atoms with Crippen LogP contribution in [-0.2, 0) is 5.75 Å². The molecule has 0 fully saturated rings. The fourth-order valence-electron chi connectivity index (χ4n) is 0.977. The van der Waals surface area contributed by atoms with Crippen LogP contribution in [0.15, 0.2) is 16.5 Å². The van der Waals surface area contributed by atoms with E-state index in [0.717, 1.165) is 23.0 Å². The van der Waals surface area contributed by atoms with Gasteiger partial charge in [0.05, 0.1) is 5.75 Å². The molecule has 0 aliphatic heterocycles. The maximum atomic E-state index is 5.85. The van der Waals surface area contributed by atoms with E-state index in [1.807, 2.05) is 44.7 Å². The molecule has 2 nitrogen and oxygen atoms in total. The van der Waals surface area contributed by atoms with Crippen LogP contribution in [-0.4, -0.2) is 11.3 Å². The van der Waals surface area contributed by atoms with Crippen molar-refractivity contribution in [2.24, 2.45) is 5.73 Å². The van der Waals surface area contributed by atoms with Crippen LogP contribution in [0.5, 0.6) is 0 Å². The molecule has 0 amide bonds. The largest absolute Gasteiger partial charge is 0.466 e. The van der Waals surface area contributed by atoms with Crippen LogP contribution in [0.25, 0.3) is 0 Å². The summed E-state index contributed by atoms with van der Waals surface area (Å²) in [5, 5.41) is 0. The Kier molecular flexibility index (Phi) is 3.45. The molecule has 2 N–H and O–H groups in total. The van der Waals surface area contributed by atoms with Gasteiger partial charge in [0, 0.05) is 11.3 Å². The van der Waals surface area contributed by atoms with Gasteiger partial charge in [-0.2, -0.15) is 11.8 Å². The summed E-state index contributed by atoms with van der Waals surface area (Å²) in [5.74, 6) is 3.87. The molecule has 13 heavy (non-hydrogen) atoms. The lowest BCUT2D eigenvalue weighted by Gasteiger charge is -2.16. The van der Waals surface area contributed by atoms with E-state index in [-0.39, 0.29) is 5.54 Å². The summed E-state index contributed by atoms with van der Waals surface area (Å²) in [7, 11) is 0. The quantitative estimate of drug-likeness (QED) is 0.810. The van der Waals surface area contributed by atoms with Gasteiger partial charge in [-0.3, -0.25) is 0 Å². The van der Waals surface area contributed by atoms with Crippen molar-refractivity contribution in [1.82, 2.24) is 0 Å². The van der Waals surface area contributed by atoms with Crippen molar-refractivity contribution in [3.8, 4) is 0 Å². The first-order valence-electron chi connectivity index (χ1n) is 4.39. The monoisotopic (exact) mass is 199 g/mol. The molecular formula is C10H17NOS. The third-order valence-electron chi connectivity index (χ3n) is 1.51. The van der Waals surface area contributed by atoms with E-state index in [9.17, 15) is 0 Å². The normalized spacial score (nSPS) is 12.0. The van der Waals surface area contributed by atoms with Crippen LogP contribution < -0.4 is 5.73 Å². The Hall–Kier alpha value is -0.410. The summed E-state index contributed by atoms with van der Waals surface area (Å²) in [6.07, 6.45) is 0.